The van der Waals surface area contributed by atoms with Gasteiger partial charge in [-0.2, -0.15) is 0 Å². The summed E-state index contributed by atoms with van der Waals surface area (Å²) in [6.07, 6.45) is 4.62. The highest BCUT2D eigenvalue weighted by molar-refractivity contribution is 6.33. The Bertz CT molecular complexity index is 473. The fourth-order valence-electron chi connectivity index (χ4n) is 2.40. The highest BCUT2D eigenvalue weighted by Crippen LogP contribution is 2.37. The van der Waals surface area contributed by atoms with E-state index in [4.69, 9.17) is 17.3 Å². The summed E-state index contributed by atoms with van der Waals surface area (Å²) in [6.45, 7) is 4.45. The van der Waals surface area contributed by atoms with Gasteiger partial charge in [-0.25, -0.2) is 4.98 Å². The molecule has 1 fully saturated rings. The predicted molar refractivity (Wildman–Crippen MR) is 72.5 cm³/mol. The van der Waals surface area contributed by atoms with Crippen LogP contribution in [0.2, 0.25) is 5.02 Å². The van der Waals surface area contributed by atoms with E-state index >= 15 is 0 Å². The van der Waals surface area contributed by atoms with Gasteiger partial charge in [0.25, 0.3) is 5.91 Å². The van der Waals surface area contributed by atoms with Crippen molar-refractivity contribution in [3.8, 4) is 0 Å². The number of nitrogens with one attached hydrogen (secondary N) is 1. The van der Waals surface area contributed by atoms with Crippen molar-refractivity contribution >= 4 is 23.3 Å². The lowest BCUT2D eigenvalue weighted by molar-refractivity contribution is 0.0935. The molecule has 0 bridgehead atoms. The number of nitrogens with zero attached hydrogens (tertiary/aromatic N) is 1. The number of hydrogen-bond acceptors (Lipinski definition) is 3. The molecule has 1 aliphatic carbocycles. The van der Waals surface area contributed by atoms with Gasteiger partial charge in [0, 0.05) is 12.2 Å². The van der Waals surface area contributed by atoms with Gasteiger partial charge >= 0.3 is 0 Å². The molecule has 2 rings (SSSR count). The molecule has 0 aromatic carbocycles. The molecular formula is C13H18ClN3O. The quantitative estimate of drug-likeness (QED) is 0.866. The lowest BCUT2D eigenvalue weighted by atomic mass is 9.92. The van der Waals surface area contributed by atoms with Gasteiger partial charge in [0.05, 0.1) is 10.6 Å². The highest BCUT2D eigenvalue weighted by Gasteiger charge is 2.31. The highest BCUT2D eigenvalue weighted by atomic mass is 35.5. The van der Waals surface area contributed by atoms with Gasteiger partial charge in [-0.3, -0.25) is 4.79 Å². The van der Waals surface area contributed by atoms with Crippen molar-refractivity contribution in [3.63, 3.8) is 0 Å². The number of nitrogens with two attached hydrogens (primary N) is 1. The van der Waals surface area contributed by atoms with Crippen LogP contribution in [0.3, 0.4) is 0 Å². The molecule has 1 aromatic heterocycles. The predicted octanol–water partition coefficient (Wildman–Crippen LogP) is 2.63. The Morgan fingerprint density at radius 3 is 2.89 bits per heavy atom. The number of pyridine rings is 1. The van der Waals surface area contributed by atoms with Crippen LogP contribution in [-0.4, -0.2) is 16.9 Å². The van der Waals surface area contributed by atoms with Crippen molar-refractivity contribution < 1.29 is 4.79 Å². The van der Waals surface area contributed by atoms with Crippen LogP contribution in [0.25, 0.3) is 0 Å². The Labute approximate surface area is 112 Å². The van der Waals surface area contributed by atoms with E-state index in [0.29, 0.717) is 16.0 Å². The summed E-state index contributed by atoms with van der Waals surface area (Å²) in [5.74, 6) is 0.113. The first-order valence-corrected chi connectivity index (χ1v) is 6.47. The molecule has 4 nitrogen and oxygen atoms in total. The van der Waals surface area contributed by atoms with Crippen LogP contribution < -0.4 is 11.1 Å². The Hall–Kier alpha value is -1.29. The molecule has 1 atom stereocenters. The molecular weight excluding hydrogens is 250 g/mol. The smallest absolute Gasteiger partial charge is 0.253 e. The number of anilines is 1. The molecule has 1 aliphatic rings. The molecule has 5 heteroatoms. The van der Waals surface area contributed by atoms with Crippen LogP contribution in [0.15, 0.2) is 12.3 Å². The van der Waals surface area contributed by atoms with E-state index < -0.39 is 0 Å². The third-order valence-electron chi connectivity index (χ3n) is 3.44. The fraction of sp³-hybridized carbons (Fsp3) is 0.538. The molecule has 18 heavy (non-hydrogen) atoms. The lowest BCUT2D eigenvalue weighted by Crippen LogP contribution is -2.33. The maximum atomic E-state index is 12.0. The third-order valence-corrected chi connectivity index (χ3v) is 3.74. The largest absolute Gasteiger partial charge is 0.382 e. The molecule has 3 N–H and O–H groups in total. The van der Waals surface area contributed by atoms with E-state index in [0.717, 1.165) is 19.3 Å². The van der Waals surface area contributed by atoms with Gasteiger partial charge in [-0.05, 0) is 30.7 Å². The number of aromatic nitrogens is 1. The summed E-state index contributed by atoms with van der Waals surface area (Å²) >= 11 is 5.85. The number of rotatable bonds is 2. The van der Waals surface area contributed by atoms with Crippen molar-refractivity contribution in [1.29, 1.82) is 0 Å². The minimum Gasteiger partial charge on any atom is -0.382 e. The number of carbonyl (C=O) groups is 1. The third kappa shape index (κ3) is 2.93. The molecule has 98 valence electrons. The summed E-state index contributed by atoms with van der Waals surface area (Å²) in [6, 6.07) is 1.79. The number of carbonyl (C=O) groups excluding carboxylic acids is 1. The Kier molecular flexibility index (Phi) is 3.48. The average molecular weight is 268 g/mol. The van der Waals surface area contributed by atoms with E-state index in [-0.39, 0.29) is 17.8 Å². The van der Waals surface area contributed by atoms with E-state index in [1.165, 1.54) is 6.20 Å². The van der Waals surface area contributed by atoms with E-state index in [2.05, 4.69) is 24.1 Å². The first kappa shape index (κ1) is 13.1. The molecule has 0 aliphatic heterocycles. The van der Waals surface area contributed by atoms with Crippen LogP contribution in [0.4, 0.5) is 5.82 Å². The maximum absolute atomic E-state index is 12.0. The molecule has 1 heterocycles. The second-order valence-corrected chi connectivity index (χ2v) is 6.08. The molecule has 1 saturated carbocycles. The molecule has 1 aromatic rings. The summed E-state index contributed by atoms with van der Waals surface area (Å²) in [5.41, 5.74) is 6.29. The zero-order chi connectivity index (χ0) is 13.3. The topological polar surface area (TPSA) is 68.0 Å². The van der Waals surface area contributed by atoms with Crippen LogP contribution in [0.5, 0.6) is 0 Å². The zero-order valence-corrected chi connectivity index (χ0v) is 11.4. The minimum absolute atomic E-state index is 0.132. The van der Waals surface area contributed by atoms with Gasteiger partial charge in [-0.15, -0.1) is 0 Å². The average Bonchev–Trinajstić information content (AvgIpc) is 2.62. The zero-order valence-electron chi connectivity index (χ0n) is 10.7. The summed E-state index contributed by atoms with van der Waals surface area (Å²) in [7, 11) is 0. The van der Waals surface area contributed by atoms with Crippen LogP contribution in [0.1, 0.15) is 43.5 Å². The second kappa shape index (κ2) is 4.76. The van der Waals surface area contributed by atoms with E-state index in [1.807, 2.05) is 0 Å². The minimum atomic E-state index is -0.132. The van der Waals surface area contributed by atoms with Crippen molar-refractivity contribution in [1.82, 2.24) is 10.3 Å². The van der Waals surface area contributed by atoms with E-state index in [1.54, 1.807) is 6.07 Å². The van der Waals surface area contributed by atoms with Crippen LogP contribution in [-0.2, 0) is 0 Å². The Morgan fingerprint density at radius 1 is 1.61 bits per heavy atom. The normalized spacial score (nSPS) is 21.8. The first-order valence-electron chi connectivity index (χ1n) is 6.09. The molecule has 0 saturated heterocycles. The van der Waals surface area contributed by atoms with Crippen molar-refractivity contribution in [2.45, 2.75) is 39.2 Å². The number of halogens is 1. The lowest BCUT2D eigenvalue weighted by Gasteiger charge is -2.17. The standard InChI is InChI=1S/C13H18ClN3O/c1-13(2)4-3-9(6-13)17-12(18)8-5-10(14)11(15)16-7-8/h5,7,9H,3-4,6H2,1-2H3,(H2,15,16)(H,17,18). The second-order valence-electron chi connectivity index (χ2n) is 5.67. The van der Waals surface area contributed by atoms with Crippen molar-refractivity contribution in [2.75, 3.05) is 5.73 Å². The molecule has 0 radical (unpaired) electrons. The summed E-state index contributed by atoms with van der Waals surface area (Å²) < 4.78 is 0. The van der Waals surface area contributed by atoms with E-state index in [9.17, 15) is 4.79 Å². The number of nitrogen functional groups attached to an aromatic ring is 1. The van der Waals surface area contributed by atoms with Crippen molar-refractivity contribution in [2.24, 2.45) is 5.41 Å². The molecule has 1 amide bonds. The van der Waals surface area contributed by atoms with Crippen LogP contribution >= 0.6 is 11.6 Å². The fourth-order valence-corrected chi connectivity index (χ4v) is 2.57. The summed E-state index contributed by atoms with van der Waals surface area (Å²) in [5, 5.41) is 3.33. The number of amides is 1. The number of hydrogen-bond donors (Lipinski definition) is 2. The first-order chi connectivity index (χ1) is 8.37. The maximum Gasteiger partial charge on any atom is 0.253 e. The molecule has 1 unspecified atom stereocenters. The van der Waals surface area contributed by atoms with Gasteiger partial charge in [0.2, 0.25) is 0 Å². The van der Waals surface area contributed by atoms with Crippen LogP contribution in [0, 0.1) is 5.41 Å². The van der Waals surface area contributed by atoms with Gasteiger partial charge < -0.3 is 11.1 Å². The van der Waals surface area contributed by atoms with Gasteiger partial charge in [-0.1, -0.05) is 25.4 Å². The molecule has 0 spiro atoms. The van der Waals surface area contributed by atoms with Crippen molar-refractivity contribution in [3.05, 3.63) is 22.8 Å². The Balaban J connectivity index is 2.02. The SMILES string of the molecule is CC1(C)CCC(NC(=O)c2cnc(N)c(Cl)c2)C1. The summed E-state index contributed by atoms with van der Waals surface area (Å²) in [4.78, 5) is 15.9. The Morgan fingerprint density at radius 2 is 2.33 bits per heavy atom. The monoisotopic (exact) mass is 267 g/mol. The van der Waals surface area contributed by atoms with Gasteiger partial charge in [0.15, 0.2) is 0 Å². The van der Waals surface area contributed by atoms with Gasteiger partial charge in [0.1, 0.15) is 5.82 Å².